The minimum Gasteiger partial charge on any atom is -0.497 e. The zero-order valence-corrected chi connectivity index (χ0v) is 17.2. The summed E-state index contributed by atoms with van der Waals surface area (Å²) in [4.78, 5) is 21.5. The Hall–Kier alpha value is -4.19. The zero-order chi connectivity index (χ0) is 21.6. The van der Waals surface area contributed by atoms with Crippen molar-refractivity contribution in [3.63, 3.8) is 0 Å². The van der Waals surface area contributed by atoms with Crippen molar-refractivity contribution in [3.8, 4) is 28.8 Å². The fourth-order valence-electron chi connectivity index (χ4n) is 2.97. The summed E-state index contributed by atoms with van der Waals surface area (Å²) in [6, 6.07) is 23.8. The van der Waals surface area contributed by atoms with E-state index in [1.807, 2.05) is 43.3 Å². The Kier molecular flexibility index (Phi) is 5.89. The first kappa shape index (κ1) is 20.1. The van der Waals surface area contributed by atoms with Crippen molar-refractivity contribution < 1.29 is 14.3 Å². The van der Waals surface area contributed by atoms with E-state index >= 15 is 0 Å². The number of aromatic nitrogens is 2. The van der Waals surface area contributed by atoms with Crippen LogP contribution >= 0.6 is 0 Å². The van der Waals surface area contributed by atoms with Gasteiger partial charge in [-0.05, 0) is 37.3 Å². The van der Waals surface area contributed by atoms with Crippen LogP contribution < -0.4 is 14.8 Å². The predicted octanol–water partition coefficient (Wildman–Crippen LogP) is 5.51. The van der Waals surface area contributed by atoms with E-state index in [9.17, 15) is 4.79 Å². The van der Waals surface area contributed by atoms with Crippen molar-refractivity contribution in [2.45, 2.75) is 6.92 Å². The first-order chi connectivity index (χ1) is 15.1. The number of nitrogens with zero attached hydrogens (tertiary/aromatic N) is 2. The number of carbonyl (C=O) groups is 1. The maximum absolute atomic E-state index is 12.7. The lowest BCUT2D eigenvalue weighted by Gasteiger charge is -2.09. The van der Waals surface area contributed by atoms with Crippen LogP contribution in [0.1, 0.15) is 15.9 Å². The molecule has 0 aliphatic rings. The molecule has 4 aromatic rings. The number of aryl methyl sites for hydroxylation is 1. The quantitative estimate of drug-likeness (QED) is 0.453. The second kappa shape index (κ2) is 9.09. The molecule has 0 saturated carbocycles. The number of ether oxygens (including phenoxy) is 2. The monoisotopic (exact) mass is 411 g/mol. The third kappa shape index (κ3) is 5.05. The highest BCUT2D eigenvalue weighted by atomic mass is 16.5. The number of anilines is 1. The Morgan fingerprint density at radius 3 is 2.48 bits per heavy atom. The normalized spacial score (nSPS) is 10.4. The fraction of sp³-hybridized carbons (Fsp3) is 0.0800. The predicted molar refractivity (Wildman–Crippen MR) is 120 cm³/mol. The lowest BCUT2D eigenvalue weighted by atomic mass is 10.1. The molecule has 0 radical (unpaired) electrons. The van der Waals surface area contributed by atoms with E-state index in [4.69, 9.17) is 9.47 Å². The van der Waals surface area contributed by atoms with Gasteiger partial charge in [-0.25, -0.2) is 4.98 Å². The highest BCUT2D eigenvalue weighted by Gasteiger charge is 2.10. The first-order valence-electron chi connectivity index (χ1n) is 9.74. The summed E-state index contributed by atoms with van der Waals surface area (Å²) in [6.45, 7) is 2.03. The van der Waals surface area contributed by atoms with Crippen LogP contribution in [0.3, 0.4) is 0 Å². The Morgan fingerprint density at radius 2 is 1.68 bits per heavy atom. The van der Waals surface area contributed by atoms with Gasteiger partial charge in [0, 0.05) is 35.1 Å². The number of nitrogens with one attached hydrogen (secondary N) is 1. The lowest BCUT2D eigenvalue weighted by molar-refractivity contribution is 0.102. The first-order valence-corrected chi connectivity index (χ1v) is 9.74. The molecule has 1 aromatic heterocycles. The van der Waals surface area contributed by atoms with Crippen molar-refractivity contribution in [2.24, 2.45) is 0 Å². The number of amides is 1. The van der Waals surface area contributed by atoms with Crippen LogP contribution in [0.2, 0.25) is 0 Å². The van der Waals surface area contributed by atoms with Gasteiger partial charge in [0.25, 0.3) is 5.91 Å². The van der Waals surface area contributed by atoms with Crippen molar-refractivity contribution in [1.82, 2.24) is 9.97 Å². The average Bonchev–Trinajstić information content (AvgIpc) is 2.80. The van der Waals surface area contributed by atoms with E-state index in [0.29, 0.717) is 34.5 Å². The van der Waals surface area contributed by atoms with Gasteiger partial charge in [-0.1, -0.05) is 42.0 Å². The van der Waals surface area contributed by atoms with Crippen LogP contribution in [0.4, 0.5) is 5.69 Å². The molecule has 4 rings (SSSR count). The van der Waals surface area contributed by atoms with E-state index in [1.165, 1.54) is 5.56 Å². The second-order valence-corrected chi connectivity index (χ2v) is 6.90. The van der Waals surface area contributed by atoms with Gasteiger partial charge in [-0.3, -0.25) is 4.79 Å². The molecular formula is C25H21N3O3. The molecule has 6 heteroatoms. The van der Waals surface area contributed by atoms with Crippen LogP contribution in [0.5, 0.6) is 17.4 Å². The molecule has 0 bridgehead atoms. The molecular weight excluding hydrogens is 390 g/mol. The summed E-state index contributed by atoms with van der Waals surface area (Å²) in [5, 5.41) is 2.86. The molecule has 0 atom stereocenters. The van der Waals surface area contributed by atoms with Gasteiger partial charge in [0.2, 0.25) is 5.88 Å². The minimum atomic E-state index is -0.248. The van der Waals surface area contributed by atoms with E-state index in [0.717, 1.165) is 5.56 Å². The highest BCUT2D eigenvalue weighted by molar-refractivity contribution is 6.04. The number of methoxy groups -OCH3 is 1. The zero-order valence-electron chi connectivity index (χ0n) is 17.2. The molecule has 0 unspecified atom stereocenters. The fourth-order valence-corrected chi connectivity index (χ4v) is 2.97. The number of rotatable bonds is 6. The van der Waals surface area contributed by atoms with Gasteiger partial charge in [-0.2, -0.15) is 4.98 Å². The van der Waals surface area contributed by atoms with Crippen LogP contribution in [0.25, 0.3) is 11.4 Å². The van der Waals surface area contributed by atoms with Crippen LogP contribution in [0.15, 0.2) is 85.1 Å². The van der Waals surface area contributed by atoms with E-state index in [2.05, 4.69) is 15.3 Å². The van der Waals surface area contributed by atoms with Gasteiger partial charge in [0.05, 0.1) is 7.11 Å². The van der Waals surface area contributed by atoms with E-state index in [1.54, 1.807) is 55.8 Å². The molecule has 3 aromatic carbocycles. The van der Waals surface area contributed by atoms with Crippen molar-refractivity contribution >= 4 is 11.6 Å². The maximum atomic E-state index is 12.7. The molecule has 1 heterocycles. The van der Waals surface area contributed by atoms with Crippen LogP contribution in [0, 0.1) is 6.92 Å². The van der Waals surface area contributed by atoms with Gasteiger partial charge in [0.15, 0.2) is 5.82 Å². The Labute approximate surface area is 180 Å². The summed E-state index contributed by atoms with van der Waals surface area (Å²) in [5.41, 5.74) is 3.19. The van der Waals surface area contributed by atoms with Gasteiger partial charge in [-0.15, -0.1) is 0 Å². The molecule has 31 heavy (non-hydrogen) atoms. The summed E-state index contributed by atoms with van der Waals surface area (Å²) in [5.74, 6) is 1.90. The largest absolute Gasteiger partial charge is 0.497 e. The summed E-state index contributed by atoms with van der Waals surface area (Å²) < 4.78 is 11.1. The van der Waals surface area contributed by atoms with Crippen LogP contribution in [-0.4, -0.2) is 23.0 Å². The average molecular weight is 411 g/mol. The third-order valence-electron chi connectivity index (χ3n) is 4.59. The van der Waals surface area contributed by atoms with Crippen molar-refractivity contribution in [1.29, 1.82) is 0 Å². The van der Waals surface area contributed by atoms with E-state index in [-0.39, 0.29) is 5.91 Å². The number of carbonyl (C=O) groups excluding carboxylic acids is 1. The lowest BCUT2D eigenvalue weighted by Crippen LogP contribution is -2.11. The molecule has 6 nitrogen and oxygen atoms in total. The smallest absolute Gasteiger partial charge is 0.255 e. The standard InChI is InChI=1S/C25H21N3O3/c1-17-9-11-18(12-10-17)24-26-14-13-23(28-24)31-22-8-3-5-19(15-22)25(29)27-20-6-4-7-21(16-20)30-2/h3-16H,1-2H3,(H,27,29). The number of hydrogen-bond acceptors (Lipinski definition) is 5. The Balaban J connectivity index is 1.50. The molecule has 0 saturated heterocycles. The van der Waals surface area contributed by atoms with Crippen molar-refractivity contribution in [2.75, 3.05) is 12.4 Å². The maximum Gasteiger partial charge on any atom is 0.255 e. The molecule has 1 amide bonds. The van der Waals surface area contributed by atoms with Crippen LogP contribution in [-0.2, 0) is 0 Å². The SMILES string of the molecule is COc1cccc(NC(=O)c2cccc(Oc3ccnc(-c4ccc(C)cc4)n3)c2)c1. The Morgan fingerprint density at radius 1 is 0.903 bits per heavy atom. The highest BCUT2D eigenvalue weighted by Crippen LogP contribution is 2.24. The second-order valence-electron chi connectivity index (χ2n) is 6.90. The molecule has 1 N–H and O–H groups in total. The summed E-state index contributed by atoms with van der Waals surface area (Å²) >= 11 is 0. The van der Waals surface area contributed by atoms with Crippen molar-refractivity contribution in [3.05, 3.63) is 96.2 Å². The molecule has 0 aliphatic heterocycles. The number of benzene rings is 3. The van der Waals surface area contributed by atoms with Gasteiger partial charge >= 0.3 is 0 Å². The summed E-state index contributed by atoms with van der Waals surface area (Å²) in [7, 11) is 1.58. The van der Waals surface area contributed by atoms with Gasteiger partial charge < -0.3 is 14.8 Å². The van der Waals surface area contributed by atoms with Gasteiger partial charge in [0.1, 0.15) is 11.5 Å². The third-order valence-corrected chi connectivity index (χ3v) is 4.59. The minimum absolute atomic E-state index is 0.248. The topological polar surface area (TPSA) is 73.3 Å². The van der Waals surface area contributed by atoms with E-state index < -0.39 is 0 Å². The Bertz CT molecular complexity index is 1210. The molecule has 0 fully saturated rings. The molecule has 0 aliphatic carbocycles. The number of hydrogen-bond donors (Lipinski definition) is 1. The summed E-state index contributed by atoms with van der Waals surface area (Å²) in [6.07, 6.45) is 1.65. The molecule has 154 valence electrons. The molecule has 0 spiro atoms.